The molecule has 3 aromatic heterocycles. The molecule has 10 nitrogen and oxygen atoms in total. The number of nitrogens with one attached hydrogen (secondary N) is 1. The van der Waals surface area contributed by atoms with E-state index in [1.165, 1.54) is 41.5 Å². The Balaban J connectivity index is 1.56. The summed E-state index contributed by atoms with van der Waals surface area (Å²) in [6.07, 6.45) is 9.55. The van der Waals surface area contributed by atoms with Crippen molar-refractivity contribution in [3.63, 3.8) is 0 Å². The van der Waals surface area contributed by atoms with Crippen LogP contribution in [0.25, 0.3) is 11.5 Å². The van der Waals surface area contributed by atoms with Gasteiger partial charge in [0.15, 0.2) is 0 Å². The maximum Gasteiger partial charge on any atom is 0.294 e. The van der Waals surface area contributed by atoms with Crippen LogP contribution in [-0.2, 0) is 0 Å². The second-order valence-corrected chi connectivity index (χ2v) is 6.13. The predicted molar refractivity (Wildman–Crippen MR) is 104 cm³/mol. The van der Waals surface area contributed by atoms with Crippen molar-refractivity contribution >= 4 is 17.3 Å². The molecule has 4 aromatic rings. The Morgan fingerprint density at radius 3 is 2.62 bits per heavy atom. The van der Waals surface area contributed by atoms with Crippen molar-refractivity contribution in [1.29, 1.82) is 0 Å². The number of anilines is 1. The maximum atomic E-state index is 12.6. The Hall–Kier alpha value is -4.34. The number of nitro benzene ring substituents is 1. The van der Waals surface area contributed by atoms with E-state index in [1.54, 1.807) is 30.7 Å². The number of benzene rings is 1. The van der Waals surface area contributed by atoms with Crippen molar-refractivity contribution in [2.24, 2.45) is 0 Å². The molecule has 0 atom stereocenters. The summed E-state index contributed by atoms with van der Waals surface area (Å²) in [6, 6.07) is 7.72. The van der Waals surface area contributed by atoms with Crippen LogP contribution in [0.4, 0.5) is 11.4 Å². The lowest BCUT2D eigenvalue weighted by Crippen LogP contribution is -2.13. The molecule has 144 valence electrons. The number of pyridine rings is 1. The van der Waals surface area contributed by atoms with Gasteiger partial charge in [-0.3, -0.25) is 19.5 Å². The van der Waals surface area contributed by atoms with Gasteiger partial charge in [0, 0.05) is 36.4 Å². The first-order valence-electron chi connectivity index (χ1n) is 8.57. The molecule has 4 rings (SSSR count). The van der Waals surface area contributed by atoms with E-state index in [2.05, 4.69) is 20.3 Å². The zero-order valence-electron chi connectivity index (χ0n) is 15.3. The number of nitrogens with zero attached hydrogens (tertiary/aromatic N) is 6. The van der Waals surface area contributed by atoms with Crippen molar-refractivity contribution in [1.82, 2.24) is 24.1 Å². The molecule has 0 saturated heterocycles. The van der Waals surface area contributed by atoms with Crippen LogP contribution >= 0.6 is 0 Å². The molecule has 0 radical (unpaired) electrons. The fraction of sp³-hybridized carbons (Fsp3) is 0.0526. The van der Waals surface area contributed by atoms with Crippen molar-refractivity contribution in [2.45, 2.75) is 6.92 Å². The smallest absolute Gasteiger partial charge is 0.294 e. The van der Waals surface area contributed by atoms with Gasteiger partial charge in [-0.15, -0.1) is 0 Å². The van der Waals surface area contributed by atoms with Gasteiger partial charge in [0.2, 0.25) is 0 Å². The molecule has 10 heteroatoms. The number of nitro groups is 1. The number of carbonyl (C=O) groups is 1. The lowest BCUT2D eigenvalue weighted by Gasteiger charge is -2.09. The van der Waals surface area contributed by atoms with Crippen LogP contribution in [-0.4, -0.2) is 34.9 Å². The molecular weight excluding hydrogens is 374 g/mol. The van der Waals surface area contributed by atoms with Gasteiger partial charge in [-0.05, 0) is 31.2 Å². The van der Waals surface area contributed by atoms with Gasteiger partial charge in [-0.1, -0.05) is 0 Å². The second-order valence-electron chi connectivity index (χ2n) is 6.13. The first-order chi connectivity index (χ1) is 14.0. The minimum atomic E-state index is -0.532. The Bertz CT molecular complexity index is 1180. The van der Waals surface area contributed by atoms with Crippen LogP contribution in [0.2, 0.25) is 0 Å². The number of hydrogen-bond donors (Lipinski definition) is 1. The largest absolute Gasteiger partial charge is 0.321 e. The van der Waals surface area contributed by atoms with Gasteiger partial charge >= 0.3 is 0 Å². The van der Waals surface area contributed by atoms with E-state index in [1.807, 2.05) is 11.5 Å². The summed E-state index contributed by atoms with van der Waals surface area (Å²) < 4.78 is 3.32. The summed E-state index contributed by atoms with van der Waals surface area (Å²) in [7, 11) is 0. The fourth-order valence-electron chi connectivity index (χ4n) is 2.86. The number of amides is 1. The van der Waals surface area contributed by atoms with Crippen LogP contribution < -0.4 is 5.32 Å². The summed E-state index contributed by atoms with van der Waals surface area (Å²) in [4.78, 5) is 35.8. The van der Waals surface area contributed by atoms with Crippen molar-refractivity contribution in [3.8, 4) is 11.5 Å². The highest BCUT2D eigenvalue weighted by atomic mass is 16.6. The van der Waals surface area contributed by atoms with E-state index in [0.717, 1.165) is 5.82 Å². The number of imidazole rings is 2. The van der Waals surface area contributed by atoms with Gasteiger partial charge in [-0.25, -0.2) is 15.0 Å². The normalized spacial score (nSPS) is 10.7. The molecule has 0 spiro atoms. The SMILES string of the molecule is Cc1nccn1-c1ccc(NC(=O)c2ccc(-n3ccnc3)c([N+](=O)[O-])c2)cn1. The molecule has 0 saturated carbocycles. The molecule has 1 N–H and O–H groups in total. The van der Waals surface area contributed by atoms with Gasteiger partial charge in [0.05, 0.1) is 23.1 Å². The number of aromatic nitrogens is 5. The van der Waals surface area contributed by atoms with Gasteiger partial charge in [0.1, 0.15) is 17.3 Å². The van der Waals surface area contributed by atoms with Crippen molar-refractivity contribution in [3.05, 3.63) is 89.1 Å². The zero-order chi connectivity index (χ0) is 20.4. The first-order valence-corrected chi connectivity index (χ1v) is 8.57. The predicted octanol–water partition coefficient (Wildman–Crippen LogP) is 2.92. The van der Waals surface area contributed by atoms with E-state index in [9.17, 15) is 14.9 Å². The van der Waals surface area contributed by atoms with E-state index in [-0.39, 0.29) is 11.3 Å². The summed E-state index contributed by atoms with van der Waals surface area (Å²) in [6.45, 7) is 1.86. The first kappa shape index (κ1) is 18.0. The summed E-state index contributed by atoms with van der Waals surface area (Å²) in [5.74, 6) is 0.983. The topological polar surface area (TPSA) is 121 Å². The van der Waals surface area contributed by atoms with Gasteiger partial charge in [0.25, 0.3) is 11.6 Å². The van der Waals surface area contributed by atoms with E-state index in [0.29, 0.717) is 17.2 Å². The zero-order valence-corrected chi connectivity index (χ0v) is 15.3. The van der Waals surface area contributed by atoms with Gasteiger partial charge < -0.3 is 9.88 Å². The molecule has 0 aliphatic heterocycles. The molecule has 29 heavy (non-hydrogen) atoms. The number of hydrogen-bond acceptors (Lipinski definition) is 6. The number of rotatable bonds is 5. The lowest BCUT2D eigenvalue weighted by atomic mass is 10.1. The summed E-state index contributed by atoms with van der Waals surface area (Å²) in [5.41, 5.74) is 0.762. The standard InChI is InChI=1S/C19H15N7O3/c1-13-21-7-9-25(13)18-5-3-15(11-22-18)23-19(27)14-2-4-16(17(10-14)26(28)29)24-8-6-20-12-24/h2-12H,1H3,(H,23,27). The highest BCUT2D eigenvalue weighted by molar-refractivity contribution is 6.04. The highest BCUT2D eigenvalue weighted by Gasteiger charge is 2.19. The van der Waals surface area contributed by atoms with Crippen LogP contribution in [0, 0.1) is 17.0 Å². The third kappa shape index (κ3) is 3.58. The van der Waals surface area contributed by atoms with Crippen LogP contribution in [0.5, 0.6) is 0 Å². The quantitative estimate of drug-likeness (QED) is 0.414. The highest BCUT2D eigenvalue weighted by Crippen LogP contribution is 2.24. The van der Waals surface area contributed by atoms with E-state index < -0.39 is 10.8 Å². The Kier molecular flexibility index (Phi) is 4.57. The Labute approximate surface area is 164 Å². The van der Waals surface area contributed by atoms with E-state index >= 15 is 0 Å². The van der Waals surface area contributed by atoms with Gasteiger partial charge in [-0.2, -0.15) is 0 Å². The summed E-state index contributed by atoms with van der Waals surface area (Å²) in [5, 5.41) is 14.1. The summed E-state index contributed by atoms with van der Waals surface area (Å²) >= 11 is 0. The Morgan fingerprint density at radius 1 is 1.14 bits per heavy atom. The minimum absolute atomic E-state index is 0.162. The molecule has 0 bridgehead atoms. The fourth-order valence-corrected chi connectivity index (χ4v) is 2.86. The van der Waals surface area contributed by atoms with E-state index in [4.69, 9.17) is 0 Å². The molecule has 1 amide bonds. The van der Waals surface area contributed by atoms with Crippen LogP contribution in [0.1, 0.15) is 16.2 Å². The Morgan fingerprint density at radius 2 is 2.00 bits per heavy atom. The average molecular weight is 389 g/mol. The minimum Gasteiger partial charge on any atom is -0.321 e. The monoisotopic (exact) mass is 389 g/mol. The molecule has 0 aliphatic rings. The average Bonchev–Trinajstić information content (AvgIpc) is 3.40. The number of carbonyl (C=O) groups excluding carboxylic acids is 1. The molecule has 0 fully saturated rings. The maximum absolute atomic E-state index is 12.6. The molecule has 1 aromatic carbocycles. The lowest BCUT2D eigenvalue weighted by molar-refractivity contribution is -0.384. The third-order valence-electron chi connectivity index (χ3n) is 4.30. The number of aryl methyl sites for hydroxylation is 1. The molecule has 0 unspecified atom stereocenters. The second kappa shape index (κ2) is 7.35. The molecule has 3 heterocycles. The van der Waals surface area contributed by atoms with Crippen LogP contribution in [0.3, 0.4) is 0 Å². The molecular formula is C19H15N7O3. The molecule has 0 aliphatic carbocycles. The van der Waals surface area contributed by atoms with Crippen LogP contribution in [0.15, 0.2) is 67.6 Å². The van der Waals surface area contributed by atoms with Crippen molar-refractivity contribution < 1.29 is 9.72 Å². The van der Waals surface area contributed by atoms with Crippen molar-refractivity contribution in [2.75, 3.05) is 5.32 Å². The third-order valence-corrected chi connectivity index (χ3v) is 4.30.